The summed E-state index contributed by atoms with van der Waals surface area (Å²) in [6.45, 7) is 0. The fourth-order valence-electron chi connectivity index (χ4n) is 0.723. The minimum absolute atomic E-state index is 1.25. The summed E-state index contributed by atoms with van der Waals surface area (Å²) in [4.78, 5) is 2.40. The summed E-state index contributed by atoms with van der Waals surface area (Å²) in [7, 11) is 0. The molecule has 1 nitrogen and oxygen atoms in total. The van der Waals surface area contributed by atoms with Crippen molar-refractivity contribution in [2.45, 2.75) is 3.79 Å². The van der Waals surface area contributed by atoms with Crippen LogP contribution in [0, 0.1) is 23.5 Å². The minimum atomic E-state index is -2.55. The molecule has 1 aromatic rings. The maximum atomic E-state index is 12.9. The third-order valence-electron chi connectivity index (χ3n) is 1.28. The normalized spacial score (nSPS) is 11.9. The highest BCUT2D eigenvalue weighted by Gasteiger charge is 2.35. The van der Waals surface area contributed by atoms with Crippen LogP contribution in [0.25, 0.3) is 0 Å². The molecule has 1 aromatic heterocycles. The molecular weight excluding hydrogens is 268 g/mol. The molecule has 8 heteroatoms. The van der Waals surface area contributed by atoms with Crippen molar-refractivity contribution in [2.75, 3.05) is 0 Å². The van der Waals surface area contributed by atoms with E-state index in [1.54, 1.807) is 0 Å². The van der Waals surface area contributed by atoms with Gasteiger partial charge in [0, 0.05) is 0 Å². The predicted octanol–water partition coefficient (Wildman–Crippen LogP) is 3.46. The smallest absolute Gasteiger partial charge is 0.203 e. The summed E-state index contributed by atoms with van der Waals surface area (Å²) in [5, 5.41) is 0. The van der Waals surface area contributed by atoms with Crippen LogP contribution in [0.4, 0.5) is 17.6 Å². The lowest BCUT2D eigenvalue weighted by Gasteiger charge is -2.12. The Bertz CT molecular complexity index is 376. The monoisotopic (exact) mass is 267 g/mol. The Labute approximate surface area is 90.6 Å². The highest BCUT2D eigenvalue weighted by molar-refractivity contribution is 6.66. The molecule has 0 atom stereocenters. The van der Waals surface area contributed by atoms with Crippen LogP contribution < -0.4 is 0 Å². The van der Waals surface area contributed by atoms with Gasteiger partial charge < -0.3 is 0 Å². The first-order valence-electron chi connectivity index (χ1n) is 3.02. The second-order valence-electron chi connectivity index (χ2n) is 2.19. The third-order valence-corrected chi connectivity index (χ3v) is 1.85. The van der Waals surface area contributed by atoms with Crippen molar-refractivity contribution in [1.29, 1.82) is 0 Å². The van der Waals surface area contributed by atoms with Crippen LogP contribution in [-0.4, -0.2) is 4.98 Å². The molecule has 0 bridgehead atoms. The number of alkyl halides is 3. The molecule has 1 rings (SSSR count). The zero-order chi connectivity index (χ0) is 11.1. The summed E-state index contributed by atoms with van der Waals surface area (Å²) in [6.07, 6.45) is 0. The molecule has 78 valence electrons. The Morgan fingerprint density at radius 1 is 0.857 bits per heavy atom. The topological polar surface area (TPSA) is 12.9 Å². The van der Waals surface area contributed by atoms with Crippen molar-refractivity contribution in [3.8, 4) is 0 Å². The van der Waals surface area contributed by atoms with E-state index in [0.717, 1.165) is 0 Å². The quantitative estimate of drug-likeness (QED) is 0.399. The standard InChI is InChI=1S/C6Cl3F4N/c7-6(8,9)1-2(10)3(11)5(13)14-4(1)12. The second-order valence-corrected chi connectivity index (χ2v) is 4.48. The van der Waals surface area contributed by atoms with Crippen LogP contribution in [0.5, 0.6) is 0 Å². The lowest BCUT2D eigenvalue weighted by Crippen LogP contribution is -2.13. The van der Waals surface area contributed by atoms with Crippen molar-refractivity contribution >= 4 is 34.8 Å². The van der Waals surface area contributed by atoms with E-state index in [-0.39, 0.29) is 0 Å². The molecule has 0 saturated carbocycles. The zero-order valence-electron chi connectivity index (χ0n) is 6.09. The van der Waals surface area contributed by atoms with Crippen LogP contribution in [0.2, 0.25) is 0 Å². The fraction of sp³-hybridized carbons (Fsp3) is 0.167. The van der Waals surface area contributed by atoms with Gasteiger partial charge in [-0.25, -0.2) is 4.39 Å². The van der Waals surface area contributed by atoms with Gasteiger partial charge in [-0.15, -0.1) is 0 Å². The van der Waals surface area contributed by atoms with E-state index in [1.807, 2.05) is 0 Å². The molecule has 0 N–H and O–H groups in total. The largest absolute Gasteiger partial charge is 0.254 e. The average molecular weight is 268 g/mol. The molecule has 0 aliphatic carbocycles. The number of pyridine rings is 1. The molecule has 1 heterocycles. The molecule has 0 aliphatic heterocycles. The van der Waals surface area contributed by atoms with Gasteiger partial charge in [0.15, 0.2) is 5.82 Å². The molecule has 0 saturated heterocycles. The number of rotatable bonds is 0. The maximum absolute atomic E-state index is 12.9. The molecule has 0 aliphatic rings. The van der Waals surface area contributed by atoms with Gasteiger partial charge in [-0.2, -0.15) is 18.2 Å². The van der Waals surface area contributed by atoms with E-state index >= 15 is 0 Å². The number of hydrogen-bond donors (Lipinski definition) is 0. The van der Waals surface area contributed by atoms with Gasteiger partial charge in [-0.05, 0) is 0 Å². The lowest BCUT2D eigenvalue weighted by molar-refractivity contribution is 0.392. The first-order chi connectivity index (χ1) is 6.25. The van der Waals surface area contributed by atoms with Gasteiger partial charge in [-0.3, -0.25) is 0 Å². The zero-order valence-corrected chi connectivity index (χ0v) is 8.36. The Kier molecular flexibility index (Phi) is 3.13. The van der Waals surface area contributed by atoms with E-state index < -0.39 is 32.9 Å². The number of nitrogens with zero attached hydrogens (tertiary/aromatic N) is 1. The Balaban J connectivity index is 3.53. The van der Waals surface area contributed by atoms with E-state index in [1.165, 1.54) is 0 Å². The second kappa shape index (κ2) is 3.72. The number of halogens is 7. The van der Waals surface area contributed by atoms with Crippen LogP contribution in [0.1, 0.15) is 5.56 Å². The molecular formula is C6Cl3F4N. The highest BCUT2D eigenvalue weighted by atomic mass is 35.6. The van der Waals surface area contributed by atoms with E-state index in [9.17, 15) is 17.6 Å². The number of hydrogen-bond acceptors (Lipinski definition) is 1. The van der Waals surface area contributed by atoms with Gasteiger partial charge in [0.05, 0.1) is 5.56 Å². The third kappa shape index (κ3) is 2.04. The fourth-order valence-corrected chi connectivity index (χ4v) is 1.21. The summed E-state index contributed by atoms with van der Waals surface area (Å²) >= 11 is 15.3. The average Bonchev–Trinajstić information content (AvgIpc) is 1.97. The van der Waals surface area contributed by atoms with Crippen molar-refractivity contribution in [3.63, 3.8) is 0 Å². The molecule has 0 unspecified atom stereocenters. The Morgan fingerprint density at radius 3 is 1.79 bits per heavy atom. The van der Waals surface area contributed by atoms with Crippen molar-refractivity contribution in [3.05, 3.63) is 29.1 Å². The molecule has 0 spiro atoms. The minimum Gasteiger partial charge on any atom is -0.203 e. The molecule has 14 heavy (non-hydrogen) atoms. The summed E-state index contributed by atoms with van der Waals surface area (Å²) in [5.41, 5.74) is -1.25. The van der Waals surface area contributed by atoms with Gasteiger partial charge >= 0.3 is 0 Å². The van der Waals surface area contributed by atoms with Crippen molar-refractivity contribution < 1.29 is 17.6 Å². The Morgan fingerprint density at radius 2 is 1.36 bits per heavy atom. The predicted molar refractivity (Wildman–Crippen MR) is 43.3 cm³/mol. The number of aromatic nitrogens is 1. The Hall–Kier alpha value is -0.260. The highest BCUT2D eigenvalue weighted by Crippen LogP contribution is 2.41. The first kappa shape index (κ1) is 11.8. The molecule has 0 aromatic carbocycles. The molecule has 0 radical (unpaired) electrons. The van der Waals surface area contributed by atoms with Crippen LogP contribution in [0.15, 0.2) is 0 Å². The maximum Gasteiger partial charge on any atom is 0.254 e. The lowest BCUT2D eigenvalue weighted by atomic mass is 10.3. The van der Waals surface area contributed by atoms with Gasteiger partial charge in [-0.1, -0.05) is 34.8 Å². The summed E-state index contributed by atoms with van der Waals surface area (Å²) in [5.74, 6) is -7.54. The molecule has 0 fully saturated rings. The first-order valence-corrected chi connectivity index (χ1v) is 4.15. The van der Waals surface area contributed by atoms with Crippen LogP contribution >= 0.6 is 34.8 Å². The van der Waals surface area contributed by atoms with Gasteiger partial charge in [0.1, 0.15) is 0 Å². The van der Waals surface area contributed by atoms with Gasteiger partial charge in [0.25, 0.3) is 5.95 Å². The summed E-state index contributed by atoms with van der Waals surface area (Å²) < 4.78 is 48.0. The van der Waals surface area contributed by atoms with E-state index in [4.69, 9.17) is 34.8 Å². The van der Waals surface area contributed by atoms with E-state index in [0.29, 0.717) is 0 Å². The molecule has 0 amide bonds. The van der Waals surface area contributed by atoms with Crippen LogP contribution in [0.3, 0.4) is 0 Å². The van der Waals surface area contributed by atoms with Gasteiger partial charge in [0.2, 0.25) is 15.6 Å². The van der Waals surface area contributed by atoms with E-state index in [2.05, 4.69) is 4.98 Å². The SMILES string of the molecule is Fc1nc(F)c(C(Cl)(Cl)Cl)c(F)c1F. The van der Waals surface area contributed by atoms with Crippen molar-refractivity contribution in [1.82, 2.24) is 4.98 Å². The van der Waals surface area contributed by atoms with Crippen LogP contribution in [-0.2, 0) is 3.79 Å². The summed E-state index contributed by atoms with van der Waals surface area (Å²) in [6, 6.07) is 0. The van der Waals surface area contributed by atoms with Crippen molar-refractivity contribution in [2.24, 2.45) is 0 Å².